The van der Waals surface area contributed by atoms with E-state index < -0.39 is 25.6 Å². The molecular weight excluding hydrogens is 392 g/mol. The molecule has 0 aliphatic rings. The van der Waals surface area contributed by atoms with Gasteiger partial charge in [0.1, 0.15) is 0 Å². The van der Waals surface area contributed by atoms with Crippen LogP contribution in [0.1, 0.15) is 0 Å². The van der Waals surface area contributed by atoms with Crippen LogP contribution in [0.3, 0.4) is 0 Å². The highest BCUT2D eigenvalue weighted by Gasteiger charge is 2.15. The first-order valence-electron chi connectivity index (χ1n) is 5.94. The molecule has 0 N–H and O–H groups in total. The van der Waals surface area contributed by atoms with Gasteiger partial charge in [0, 0.05) is 21.5 Å². The van der Waals surface area contributed by atoms with E-state index in [1.165, 1.54) is 12.1 Å². The molecule has 2 rings (SSSR count). The van der Waals surface area contributed by atoms with E-state index >= 15 is 0 Å². The fourth-order valence-corrected chi connectivity index (χ4v) is 4.74. The van der Waals surface area contributed by atoms with Gasteiger partial charge in [-0.25, -0.2) is 0 Å². The van der Waals surface area contributed by atoms with Crippen molar-refractivity contribution in [3.8, 4) is 0 Å². The molecule has 0 saturated heterocycles. The van der Waals surface area contributed by atoms with E-state index in [2.05, 4.69) is 19.7 Å². The summed E-state index contributed by atoms with van der Waals surface area (Å²) in [5.74, 6) is 0. The van der Waals surface area contributed by atoms with Crippen LogP contribution in [-0.4, -0.2) is 19.6 Å². The topological polar surface area (TPSA) is 89.6 Å². The number of benzene rings is 2. The lowest BCUT2D eigenvalue weighted by molar-refractivity contribution is -0.384. The number of sulfonamides is 1. The number of hydrogen-bond donors (Lipinski definition) is 0. The number of rotatable bonds is 4. The fourth-order valence-electron chi connectivity index (χ4n) is 1.60. The van der Waals surface area contributed by atoms with Crippen LogP contribution in [0.5, 0.6) is 0 Å². The molecule has 1 atom stereocenters. The molecular formula is C13H11BrN2O4S2. The Kier molecular flexibility index (Phi) is 5.09. The second kappa shape index (κ2) is 6.67. The van der Waals surface area contributed by atoms with Crippen LogP contribution in [0.2, 0.25) is 0 Å². The van der Waals surface area contributed by atoms with Crippen molar-refractivity contribution in [3.63, 3.8) is 0 Å². The van der Waals surface area contributed by atoms with Crippen LogP contribution in [-0.2, 0) is 20.7 Å². The van der Waals surface area contributed by atoms with Gasteiger partial charge in [-0.05, 0) is 42.7 Å². The third-order valence-corrected chi connectivity index (χ3v) is 6.74. The molecule has 9 heteroatoms. The lowest BCUT2D eigenvalue weighted by Crippen LogP contribution is -2.00. The largest absolute Gasteiger partial charge is 0.288 e. The minimum atomic E-state index is -3.86. The van der Waals surface area contributed by atoms with Crippen molar-refractivity contribution in [2.75, 3.05) is 6.26 Å². The van der Waals surface area contributed by atoms with Gasteiger partial charge >= 0.3 is 0 Å². The number of non-ortho nitro benzene ring substituents is 1. The third-order valence-electron chi connectivity index (χ3n) is 2.71. The zero-order valence-electron chi connectivity index (χ0n) is 11.3. The van der Waals surface area contributed by atoms with E-state index in [0.29, 0.717) is 0 Å². The molecule has 0 radical (unpaired) electrons. The molecule has 0 spiro atoms. The van der Waals surface area contributed by atoms with Crippen LogP contribution in [0.25, 0.3) is 0 Å². The maximum atomic E-state index is 12.2. The van der Waals surface area contributed by atoms with Crippen molar-refractivity contribution in [2.45, 2.75) is 9.79 Å². The Hall–Kier alpha value is -1.58. The molecule has 0 fully saturated rings. The normalized spacial score (nSPS) is 13.0. The van der Waals surface area contributed by atoms with Gasteiger partial charge in [-0.1, -0.05) is 26.6 Å². The van der Waals surface area contributed by atoms with Crippen LogP contribution in [0.4, 0.5) is 5.69 Å². The molecule has 2 aromatic rings. The lowest BCUT2D eigenvalue weighted by Gasteiger charge is -2.04. The van der Waals surface area contributed by atoms with E-state index in [-0.39, 0.29) is 10.6 Å². The number of nitrogens with zero attached hydrogens (tertiary/aromatic N) is 2. The van der Waals surface area contributed by atoms with Crippen molar-refractivity contribution >= 4 is 42.3 Å². The summed E-state index contributed by atoms with van der Waals surface area (Å²) < 4.78 is 29.2. The molecule has 1 unspecified atom stereocenters. The first kappa shape index (κ1) is 16.8. The van der Waals surface area contributed by atoms with E-state index in [0.717, 1.165) is 21.5 Å². The average molecular weight is 403 g/mol. The number of nitro benzene ring substituents is 1. The van der Waals surface area contributed by atoms with E-state index in [1.54, 1.807) is 18.4 Å². The highest BCUT2D eigenvalue weighted by molar-refractivity contribution is 9.10. The lowest BCUT2D eigenvalue weighted by atomic mass is 10.3. The SMILES string of the molecule is C/S(=N/S(=O)(=O)c1ccc([N+](=O)[O-])cc1)c1ccc(Br)cc1. The Morgan fingerprint density at radius 1 is 1.09 bits per heavy atom. The van der Waals surface area contributed by atoms with E-state index in [1.807, 2.05) is 12.1 Å². The average Bonchev–Trinajstić information content (AvgIpc) is 2.47. The maximum absolute atomic E-state index is 12.2. The summed E-state index contributed by atoms with van der Waals surface area (Å²) in [6.07, 6.45) is 1.70. The molecule has 0 aliphatic carbocycles. The summed E-state index contributed by atoms with van der Waals surface area (Å²) >= 11 is 3.31. The molecule has 0 bridgehead atoms. The van der Waals surface area contributed by atoms with Gasteiger partial charge in [0.05, 0.1) is 9.82 Å². The molecule has 6 nitrogen and oxygen atoms in total. The van der Waals surface area contributed by atoms with Gasteiger partial charge in [0.25, 0.3) is 15.7 Å². The van der Waals surface area contributed by atoms with Crippen molar-refractivity contribution in [1.29, 1.82) is 0 Å². The summed E-state index contributed by atoms with van der Waals surface area (Å²) in [5, 5.41) is 10.6. The minimum absolute atomic E-state index is 0.0606. The summed E-state index contributed by atoms with van der Waals surface area (Å²) in [4.78, 5) is 10.7. The van der Waals surface area contributed by atoms with Gasteiger partial charge in [-0.15, -0.1) is 3.77 Å². The van der Waals surface area contributed by atoms with Crippen LogP contribution < -0.4 is 0 Å². The van der Waals surface area contributed by atoms with E-state index in [9.17, 15) is 18.5 Å². The van der Waals surface area contributed by atoms with E-state index in [4.69, 9.17) is 0 Å². The fraction of sp³-hybridized carbons (Fsp3) is 0.0769. The molecule has 0 amide bonds. The van der Waals surface area contributed by atoms with Gasteiger partial charge in [0.15, 0.2) is 0 Å². The molecule has 116 valence electrons. The number of halogens is 1. The second-order valence-electron chi connectivity index (χ2n) is 4.23. The van der Waals surface area contributed by atoms with Crippen molar-refractivity contribution in [1.82, 2.24) is 0 Å². The van der Waals surface area contributed by atoms with Gasteiger partial charge in [0.2, 0.25) is 0 Å². The molecule has 22 heavy (non-hydrogen) atoms. The molecule has 0 aliphatic heterocycles. The quantitative estimate of drug-likeness (QED) is 0.577. The summed E-state index contributed by atoms with van der Waals surface area (Å²) in [6.45, 7) is 0. The zero-order chi connectivity index (χ0) is 16.3. The monoisotopic (exact) mass is 402 g/mol. The first-order chi connectivity index (χ1) is 10.3. The zero-order valence-corrected chi connectivity index (χ0v) is 14.6. The Bertz CT molecular complexity index is 831. The smallest absolute Gasteiger partial charge is 0.258 e. The Balaban J connectivity index is 2.35. The first-order valence-corrected chi connectivity index (χ1v) is 9.76. The summed E-state index contributed by atoms with van der Waals surface area (Å²) in [7, 11) is -4.70. The molecule has 0 heterocycles. The van der Waals surface area contributed by atoms with Crippen molar-refractivity contribution in [2.24, 2.45) is 3.77 Å². The van der Waals surface area contributed by atoms with Crippen LogP contribution in [0.15, 0.2) is 66.6 Å². The highest BCUT2D eigenvalue weighted by Crippen LogP contribution is 2.20. The molecule has 2 aromatic carbocycles. The second-order valence-corrected chi connectivity index (χ2v) is 8.59. The molecule has 0 saturated carbocycles. The molecule has 0 aromatic heterocycles. The third kappa shape index (κ3) is 3.99. The Morgan fingerprint density at radius 2 is 1.64 bits per heavy atom. The predicted octanol–water partition coefficient (Wildman–Crippen LogP) is 3.54. The summed E-state index contributed by atoms with van der Waals surface area (Å²) in [5.41, 5.74) is -0.164. The van der Waals surface area contributed by atoms with Gasteiger partial charge in [-0.2, -0.15) is 8.42 Å². The van der Waals surface area contributed by atoms with Gasteiger partial charge < -0.3 is 0 Å². The van der Waals surface area contributed by atoms with Crippen LogP contribution >= 0.6 is 15.9 Å². The van der Waals surface area contributed by atoms with Gasteiger partial charge in [-0.3, -0.25) is 10.1 Å². The number of nitro groups is 1. The van der Waals surface area contributed by atoms with Crippen molar-refractivity contribution < 1.29 is 13.3 Å². The predicted molar refractivity (Wildman–Crippen MR) is 88.4 cm³/mol. The summed E-state index contributed by atoms with van der Waals surface area (Å²) in [6, 6.07) is 11.9. The van der Waals surface area contributed by atoms with Crippen molar-refractivity contribution in [3.05, 3.63) is 63.1 Å². The minimum Gasteiger partial charge on any atom is -0.258 e. The highest BCUT2D eigenvalue weighted by atomic mass is 79.9. The Morgan fingerprint density at radius 3 is 2.14 bits per heavy atom. The number of hydrogen-bond acceptors (Lipinski definition) is 4. The standard InChI is InChI=1S/C13H11BrN2O4S2/c1-21(12-6-2-10(14)3-7-12)15-22(19,20)13-8-4-11(5-9-13)16(17)18/h2-9H,1H3. The Labute approximate surface area is 138 Å². The van der Waals surface area contributed by atoms with Crippen LogP contribution in [0, 0.1) is 10.1 Å². The maximum Gasteiger partial charge on any atom is 0.288 e.